The number of carbonyl (C=O) groups excluding carboxylic acids is 2. The number of hydrogen-bond donors (Lipinski definition) is 1. The Kier molecular flexibility index (Phi) is 7.95. The number of nitrogens with one attached hydrogen (secondary N) is 1. The van der Waals surface area contributed by atoms with E-state index in [1.165, 1.54) is 7.11 Å². The number of carbonyl (C=O) groups is 2. The lowest BCUT2D eigenvalue weighted by molar-refractivity contribution is 0.0722. The Labute approximate surface area is 193 Å². The quantitative estimate of drug-likeness (QED) is 0.528. The van der Waals surface area contributed by atoms with Gasteiger partial charge in [-0.1, -0.05) is 41.9 Å². The molecule has 0 fully saturated rings. The molecule has 0 saturated heterocycles. The molecule has 3 rings (SSSR count). The third-order valence-corrected chi connectivity index (χ3v) is 5.69. The summed E-state index contributed by atoms with van der Waals surface area (Å²) in [6.45, 7) is 0.442. The van der Waals surface area contributed by atoms with Crippen molar-refractivity contribution in [3.8, 4) is 5.75 Å². The highest BCUT2D eigenvalue weighted by atomic mass is 35.5. The molecule has 1 aromatic heterocycles. The summed E-state index contributed by atoms with van der Waals surface area (Å²) < 4.78 is 7.03. The topological polar surface area (TPSA) is 63.6 Å². The van der Waals surface area contributed by atoms with Gasteiger partial charge in [-0.25, -0.2) is 0 Å². The van der Waals surface area contributed by atoms with E-state index in [1.54, 1.807) is 40.8 Å². The SMILES string of the molecule is COc1cc(Cl)cc(C(=O)N(C)C(CCNC(=O)c2cccn2C)Cc2ccccc2)c1. The second kappa shape index (κ2) is 10.9. The zero-order valence-electron chi connectivity index (χ0n) is 18.5. The number of benzene rings is 2. The molecule has 0 aliphatic carbocycles. The number of aryl methyl sites for hydroxylation is 1. The number of amides is 2. The molecule has 0 aliphatic rings. The molecule has 3 aromatic rings. The zero-order chi connectivity index (χ0) is 23.1. The fourth-order valence-corrected chi connectivity index (χ4v) is 3.86. The van der Waals surface area contributed by atoms with Gasteiger partial charge in [0.2, 0.25) is 0 Å². The summed E-state index contributed by atoms with van der Waals surface area (Å²) in [6.07, 6.45) is 3.10. The first-order valence-corrected chi connectivity index (χ1v) is 10.8. The molecular formula is C25H28ClN3O3. The van der Waals surface area contributed by atoms with E-state index >= 15 is 0 Å². The third-order valence-electron chi connectivity index (χ3n) is 5.48. The molecule has 2 amide bonds. The van der Waals surface area contributed by atoms with Crippen LogP contribution in [0.15, 0.2) is 66.9 Å². The fraction of sp³-hybridized carbons (Fsp3) is 0.280. The molecule has 168 valence electrons. The summed E-state index contributed by atoms with van der Waals surface area (Å²) in [6, 6.07) is 18.5. The lowest BCUT2D eigenvalue weighted by Gasteiger charge is -2.29. The van der Waals surface area contributed by atoms with Crippen molar-refractivity contribution in [3.05, 3.63) is 88.7 Å². The predicted molar refractivity (Wildman–Crippen MR) is 126 cm³/mol. The Balaban J connectivity index is 1.74. The lowest BCUT2D eigenvalue weighted by Crippen LogP contribution is -2.41. The van der Waals surface area contributed by atoms with E-state index in [9.17, 15) is 9.59 Å². The largest absolute Gasteiger partial charge is 0.497 e. The van der Waals surface area contributed by atoms with E-state index in [2.05, 4.69) is 5.32 Å². The first-order valence-electron chi connectivity index (χ1n) is 10.4. The van der Waals surface area contributed by atoms with Gasteiger partial charge in [0.1, 0.15) is 11.4 Å². The van der Waals surface area contributed by atoms with Crippen LogP contribution in [0.2, 0.25) is 5.02 Å². The van der Waals surface area contributed by atoms with E-state index in [0.29, 0.717) is 41.4 Å². The summed E-state index contributed by atoms with van der Waals surface area (Å²) in [7, 11) is 5.15. The van der Waals surface area contributed by atoms with Gasteiger partial charge in [-0.3, -0.25) is 9.59 Å². The van der Waals surface area contributed by atoms with Crippen LogP contribution in [0.25, 0.3) is 0 Å². The average Bonchev–Trinajstić information content (AvgIpc) is 3.23. The van der Waals surface area contributed by atoms with E-state index < -0.39 is 0 Å². The smallest absolute Gasteiger partial charge is 0.267 e. The minimum absolute atomic E-state index is 0.122. The third kappa shape index (κ3) is 5.92. The average molecular weight is 454 g/mol. The molecular weight excluding hydrogens is 426 g/mol. The Bertz CT molecular complexity index is 1070. The standard InChI is InChI=1S/C25H28ClN3O3/c1-28-13-7-10-23(28)24(30)27-12-11-21(14-18-8-5-4-6-9-18)29(2)25(31)19-15-20(26)17-22(16-19)32-3/h4-10,13,15-17,21H,11-12,14H2,1-3H3,(H,27,30). The number of aromatic nitrogens is 1. The van der Waals surface area contributed by atoms with Crippen LogP contribution in [0, 0.1) is 0 Å². The normalized spacial score (nSPS) is 11.6. The molecule has 1 N–H and O–H groups in total. The molecule has 0 saturated carbocycles. The Morgan fingerprint density at radius 2 is 1.88 bits per heavy atom. The van der Waals surface area contributed by atoms with Crippen molar-refractivity contribution < 1.29 is 14.3 Å². The Morgan fingerprint density at radius 1 is 1.12 bits per heavy atom. The molecule has 32 heavy (non-hydrogen) atoms. The van der Waals surface area contributed by atoms with Gasteiger partial charge in [0.05, 0.1) is 7.11 Å². The van der Waals surface area contributed by atoms with Gasteiger partial charge in [0.25, 0.3) is 11.8 Å². The van der Waals surface area contributed by atoms with Crippen LogP contribution in [0.5, 0.6) is 5.75 Å². The zero-order valence-corrected chi connectivity index (χ0v) is 19.3. The molecule has 0 spiro atoms. The van der Waals surface area contributed by atoms with Crippen LogP contribution in [0.4, 0.5) is 0 Å². The maximum absolute atomic E-state index is 13.2. The molecule has 7 heteroatoms. The highest BCUT2D eigenvalue weighted by molar-refractivity contribution is 6.31. The van der Waals surface area contributed by atoms with Crippen LogP contribution < -0.4 is 10.1 Å². The lowest BCUT2D eigenvalue weighted by atomic mass is 10.0. The molecule has 0 radical (unpaired) electrons. The van der Waals surface area contributed by atoms with Crippen molar-refractivity contribution in [1.82, 2.24) is 14.8 Å². The number of hydrogen-bond acceptors (Lipinski definition) is 3. The maximum atomic E-state index is 13.2. The minimum atomic E-state index is -0.152. The van der Waals surface area contributed by atoms with E-state index in [4.69, 9.17) is 16.3 Å². The number of ether oxygens (including phenoxy) is 1. The Morgan fingerprint density at radius 3 is 2.53 bits per heavy atom. The number of nitrogens with zero attached hydrogens (tertiary/aromatic N) is 2. The summed E-state index contributed by atoms with van der Waals surface area (Å²) in [4.78, 5) is 27.4. The van der Waals surface area contributed by atoms with Gasteiger partial charge in [-0.2, -0.15) is 0 Å². The van der Waals surface area contributed by atoms with Gasteiger partial charge >= 0.3 is 0 Å². The van der Waals surface area contributed by atoms with Crippen molar-refractivity contribution in [2.75, 3.05) is 20.7 Å². The van der Waals surface area contributed by atoms with Crippen molar-refractivity contribution in [2.45, 2.75) is 18.9 Å². The Hall–Kier alpha value is -3.25. The molecule has 6 nitrogen and oxygen atoms in total. The number of likely N-dealkylation sites (N-methyl/N-ethyl adjacent to an activating group) is 1. The van der Waals surface area contributed by atoms with E-state index in [-0.39, 0.29) is 17.9 Å². The second-order valence-electron chi connectivity index (χ2n) is 7.69. The first-order chi connectivity index (χ1) is 15.4. The molecule has 0 bridgehead atoms. The second-order valence-corrected chi connectivity index (χ2v) is 8.12. The van der Waals surface area contributed by atoms with Crippen molar-refractivity contribution >= 4 is 23.4 Å². The number of methoxy groups -OCH3 is 1. The van der Waals surface area contributed by atoms with Gasteiger partial charge in [-0.05, 0) is 48.7 Å². The van der Waals surface area contributed by atoms with E-state index in [0.717, 1.165) is 5.56 Å². The highest BCUT2D eigenvalue weighted by Gasteiger charge is 2.23. The summed E-state index contributed by atoms with van der Waals surface area (Å²) >= 11 is 6.17. The summed E-state index contributed by atoms with van der Waals surface area (Å²) in [5.41, 5.74) is 2.18. The fourth-order valence-electron chi connectivity index (χ4n) is 3.63. The molecule has 1 heterocycles. The van der Waals surface area contributed by atoms with Gasteiger partial charge in [0.15, 0.2) is 0 Å². The monoisotopic (exact) mass is 453 g/mol. The van der Waals surface area contributed by atoms with Crippen LogP contribution in [0.1, 0.15) is 32.8 Å². The van der Waals surface area contributed by atoms with Crippen LogP contribution >= 0.6 is 11.6 Å². The van der Waals surface area contributed by atoms with E-state index in [1.807, 2.05) is 49.6 Å². The molecule has 1 atom stereocenters. The van der Waals surface area contributed by atoms with Crippen molar-refractivity contribution in [2.24, 2.45) is 7.05 Å². The van der Waals surface area contributed by atoms with Crippen LogP contribution in [-0.4, -0.2) is 48.0 Å². The molecule has 1 unspecified atom stereocenters. The molecule has 0 aliphatic heterocycles. The number of rotatable bonds is 9. The van der Waals surface area contributed by atoms with Crippen LogP contribution in [-0.2, 0) is 13.5 Å². The van der Waals surface area contributed by atoms with Gasteiger partial charge in [0, 0.05) is 43.5 Å². The van der Waals surface area contributed by atoms with Crippen molar-refractivity contribution in [1.29, 1.82) is 0 Å². The highest BCUT2D eigenvalue weighted by Crippen LogP contribution is 2.23. The molecule has 2 aromatic carbocycles. The summed E-state index contributed by atoms with van der Waals surface area (Å²) in [5, 5.41) is 3.40. The van der Waals surface area contributed by atoms with Crippen LogP contribution in [0.3, 0.4) is 0 Å². The number of halogens is 1. The maximum Gasteiger partial charge on any atom is 0.267 e. The van der Waals surface area contributed by atoms with Gasteiger partial charge < -0.3 is 19.5 Å². The first kappa shape index (κ1) is 23.4. The van der Waals surface area contributed by atoms with Gasteiger partial charge in [-0.15, -0.1) is 0 Å². The summed E-state index contributed by atoms with van der Waals surface area (Å²) in [5.74, 6) is 0.244. The predicted octanol–water partition coefficient (Wildman–Crippen LogP) is 4.19. The van der Waals surface area contributed by atoms with Crippen molar-refractivity contribution in [3.63, 3.8) is 0 Å². The minimum Gasteiger partial charge on any atom is -0.497 e.